The number of fused-ring (bicyclic) bond motifs is 1. The van der Waals surface area contributed by atoms with E-state index in [-0.39, 0.29) is 0 Å². The number of hydrogen-bond donors (Lipinski definition) is 1. The molecule has 0 aromatic heterocycles. The van der Waals surface area contributed by atoms with E-state index < -0.39 is 5.97 Å². The third-order valence-corrected chi connectivity index (χ3v) is 4.58. The van der Waals surface area contributed by atoms with E-state index in [2.05, 4.69) is 36.2 Å². The Morgan fingerprint density at radius 3 is 2.50 bits per heavy atom. The fraction of sp³-hybridized carbons (Fsp3) is 0.316. The lowest BCUT2D eigenvalue weighted by atomic mass is 9.87. The van der Waals surface area contributed by atoms with Crippen LogP contribution >= 0.6 is 0 Å². The molecule has 1 aliphatic rings. The van der Waals surface area contributed by atoms with Crippen LogP contribution in [-0.4, -0.2) is 29.1 Å². The number of carboxylic acid groups (broad SMARTS) is 1. The van der Waals surface area contributed by atoms with Gasteiger partial charge in [0.15, 0.2) is 0 Å². The van der Waals surface area contributed by atoms with Crippen LogP contribution in [0.25, 0.3) is 0 Å². The SMILES string of the molecule is CN(Cc1ccc(C(=O)O)cc1)C1CCc2ccccc2C1. The van der Waals surface area contributed by atoms with Crippen molar-refractivity contribution in [1.29, 1.82) is 0 Å². The van der Waals surface area contributed by atoms with Gasteiger partial charge in [-0.05, 0) is 55.1 Å². The molecule has 1 atom stereocenters. The summed E-state index contributed by atoms with van der Waals surface area (Å²) in [6.45, 7) is 0.854. The Morgan fingerprint density at radius 2 is 1.82 bits per heavy atom. The van der Waals surface area contributed by atoms with Gasteiger partial charge in [-0.3, -0.25) is 4.90 Å². The lowest BCUT2D eigenvalue weighted by molar-refractivity contribution is 0.0697. The lowest BCUT2D eigenvalue weighted by Crippen LogP contribution is -2.36. The van der Waals surface area contributed by atoms with Gasteiger partial charge in [0.1, 0.15) is 0 Å². The molecule has 1 aliphatic carbocycles. The van der Waals surface area contributed by atoms with E-state index in [1.165, 1.54) is 17.5 Å². The molecule has 3 heteroatoms. The standard InChI is InChI=1S/C19H21NO2/c1-20(13-14-6-8-16(9-7-14)19(21)22)18-11-10-15-4-2-3-5-17(15)12-18/h2-9,18H,10-13H2,1H3,(H,21,22). The Balaban J connectivity index is 1.65. The van der Waals surface area contributed by atoms with Gasteiger partial charge < -0.3 is 5.11 Å². The number of rotatable bonds is 4. The van der Waals surface area contributed by atoms with Crippen LogP contribution in [0.2, 0.25) is 0 Å². The Morgan fingerprint density at radius 1 is 1.14 bits per heavy atom. The van der Waals surface area contributed by atoms with Crippen molar-refractivity contribution in [3.05, 3.63) is 70.8 Å². The molecule has 1 N–H and O–H groups in total. The molecule has 0 fully saturated rings. The summed E-state index contributed by atoms with van der Waals surface area (Å²) in [7, 11) is 2.16. The second kappa shape index (κ2) is 6.32. The quantitative estimate of drug-likeness (QED) is 0.940. The molecular formula is C19H21NO2. The van der Waals surface area contributed by atoms with Crippen molar-refractivity contribution in [2.45, 2.75) is 31.8 Å². The maximum atomic E-state index is 10.9. The third-order valence-electron chi connectivity index (χ3n) is 4.58. The van der Waals surface area contributed by atoms with Crippen LogP contribution in [0.15, 0.2) is 48.5 Å². The van der Waals surface area contributed by atoms with Gasteiger partial charge in [0.2, 0.25) is 0 Å². The Hall–Kier alpha value is -2.13. The molecule has 114 valence electrons. The van der Waals surface area contributed by atoms with Gasteiger partial charge in [-0.2, -0.15) is 0 Å². The smallest absolute Gasteiger partial charge is 0.335 e. The fourth-order valence-electron chi connectivity index (χ4n) is 3.22. The molecule has 0 bridgehead atoms. The number of hydrogen-bond acceptors (Lipinski definition) is 2. The Kier molecular flexibility index (Phi) is 4.25. The molecule has 0 radical (unpaired) electrons. The summed E-state index contributed by atoms with van der Waals surface area (Å²) >= 11 is 0. The van der Waals surface area contributed by atoms with Crippen molar-refractivity contribution in [2.24, 2.45) is 0 Å². The van der Waals surface area contributed by atoms with Crippen molar-refractivity contribution in [1.82, 2.24) is 4.90 Å². The van der Waals surface area contributed by atoms with Gasteiger partial charge >= 0.3 is 5.97 Å². The first-order valence-electron chi connectivity index (χ1n) is 7.73. The Bertz CT molecular complexity index is 663. The van der Waals surface area contributed by atoms with Crippen molar-refractivity contribution in [3.8, 4) is 0 Å². The van der Waals surface area contributed by atoms with Gasteiger partial charge in [0, 0.05) is 12.6 Å². The van der Waals surface area contributed by atoms with E-state index in [4.69, 9.17) is 5.11 Å². The van der Waals surface area contributed by atoms with Crippen LogP contribution in [0.3, 0.4) is 0 Å². The minimum Gasteiger partial charge on any atom is -0.478 e. The summed E-state index contributed by atoms with van der Waals surface area (Å²) in [5.41, 5.74) is 4.45. The fourth-order valence-corrected chi connectivity index (χ4v) is 3.22. The molecule has 0 heterocycles. The molecule has 22 heavy (non-hydrogen) atoms. The second-order valence-corrected chi connectivity index (χ2v) is 6.08. The summed E-state index contributed by atoms with van der Waals surface area (Å²) < 4.78 is 0. The summed E-state index contributed by atoms with van der Waals surface area (Å²) in [4.78, 5) is 13.3. The topological polar surface area (TPSA) is 40.5 Å². The number of benzene rings is 2. The second-order valence-electron chi connectivity index (χ2n) is 6.08. The molecule has 0 saturated heterocycles. The van der Waals surface area contributed by atoms with Gasteiger partial charge in [0.05, 0.1) is 5.56 Å². The zero-order chi connectivity index (χ0) is 15.5. The van der Waals surface area contributed by atoms with Crippen LogP contribution < -0.4 is 0 Å². The van der Waals surface area contributed by atoms with E-state index in [1.807, 2.05) is 12.1 Å². The van der Waals surface area contributed by atoms with E-state index in [0.717, 1.165) is 24.9 Å². The summed E-state index contributed by atoms with van der Waals surface area (Å²) in [6, 6.07) is 16.4. The lowest BCUT2D eigenvalue weighted by Gasteiger charge is -2.32. The first-order valence-corrected chi connectivity index (χ1v) is 7.73. The molecule has 0 aliphatic heterocycles. The summed E-state index contributed by atoms with van der Waals surface area (Å²) in [5, 5.41) is 8.94. The number of likely N-dealkylation sites (N-methyl/N-ethyl adjacent to an activating group) is 1. The highest BCUT2D eigenvalue weighted by molar-refractivity contribution is 5.87. The van der Waals surface area contributed by atoms with Gasteiger partial charge in [-0.1, -0.05) is 36.4 Å². The zero-order valence-electron chi connectivity index (χ0n) is 12.8. The Labute approximate surface area is 131 Å². The molecular weight excluding hydrogens is 274 g/mol. The highest BCUT2D eigenvalue weighted by atomic mass is 16.4. The predicted octanol–water partition coefficient (Wildman–Crippen LogP) is 3.37. The molecule has 0 amide bonds. The van der Waals surface area contributed by atoms with E-state index >= 15 is 0 Å². The maximum Gasteiger partial charge on any atom is 0.335 e. The molecule has 0 saturated carbocycles. The predicted molar refractivity (Wildman–Crippen MR) is 87.1 cm³/mol. The number of aromatic carboxylic acids is 1. The minimum atomic E-state index is -0.871. The normalized spacial score (nSPS) is 17.3. The van der Waals surface area contributed by atoms with Gasteiger partial charge in [-0.15, -0.1) is 0 Å². The first kappa shape index (κ1) is 14.8. The van der Waals surface area contributed by atoms with Crippen LogP contribution in [0.5, 0.6) is 0 Å². The number of nitrogens with zero attached hydrogens (tertiary/aromatic N) is 1. The molecule has 3 rings (SSSR count). The van der Waals surface area contributed by atoms with Crippen molar-refractivity contribution >= 4 is 5.97 Å². The molecule has 3 nitrogen and oxygen atoms in total. The van der Waals surface area contributed by atoms with Crippen LogP contribution in [-0.2, 0) is 19.4 Å². The largest absolute Gasteiger partial charge is 0.478 e. The van der Waals surface area contributed by atoms with Crippen molar-refractivity contribution in [3.63, 3.8) is 0 Å². The maximum absolute atomic E-state index is 10.9. The molecule has 2 aromatic rings. The van der Waals surface area contributed by atoms with Crippen molar-refractivity contribution in [2.75, 3.05) is 7.05 Å². The van der Waals surface area contributed by atoms with Crippen molar-refractivity contribution < 1.29 is 9.90 Å². The van der Waals surface area contributed by atoms with Crippen LogP contribution in [0.4, 0.5) is 0 Å². The number of aryl methyl sites for hydroxylation is 1. The average Bonchev–Trinajstić information content (AvgIpc) is 2.55. The van der Waals surface area contributed by atoms with Gasteiger partial charge in [-0.25, -0.2) is 4.79 Å². The third kappa shape index (κ3) is 3.20. The highest BCUT2D eigenvalue weighted by Gasteiger charge is 2.21. The van der Waals surface area contributed by atoms with Gasteiger partial charge in [0.25, 0.3) is 0 Å². The number of carboxylic acids is 1. The summed E-state index contributed by atoms with van der Waals surface area (Å²) in [6.07, 6.45) is 3.42. The van der Waals surface area contributed by atoms with Crippen LogP contribution in [0, 0.1) is 0 Å². The average molecular weight is 295 g/mol. The molecule has 0 spiro atoms. The van der Waals surface area contributed by atoms with E-state index in [1.54, 1.807) is 12.1 Å². The van der Waals surface area contributed by atoms with E-state index in [0.29, 0.717) is 11.6 Å². The monoisotopic (exact) mass is 295 g/mol. The highest BCUT2D eigenvalue weighted by Crippen LogP contribution is 2.24. The molecule has 2 aromatic carbocycles. The van der Waals surface area contributed by atoms with E-state index in [9.17, 15) is 4.79 Å². The summed E-state index contributed by atoms with van der Waals surface area (Å²) in [5.74, 6) is -0.871. The minimum absolute atomic E-state index is 0.345. The molecule has 1 unspecified atom stereocenters. The number of carbonyl (C=O) groups is 1. The van der Waals surface area contributed by atoms with Crippen LogP contribution in [0.1, 0.15) is 33.5 Å². The first-order chi connectivity index (χ1) is 10.6. The zero-order valence-corrected chi connectivity index (χ0v) is 12.8.